The molecule has 1 unspecified atom stereocenters. The maximum absolute atomic E-state index is 12.5. The summed E-state index contributed by atoms with van der Waals surface area (Å²) >= 11 is 5.92. The van der Waals surface area contributed by atoms with Crippen LogP contribution in [0.1, 0.15) is 43.0 Å². The highest BCUT2D eigenvalue weighted by atomic mass is 35.5. The average Bonchev–Trinajstić information content (AvgIpc) is 2.38. The molecule has 3 nitrogen and oxygen atoms in total. The first-order valence-corrected chi connectivity index (χ1v) is 7.01. The lowest BCUT2D eigenvalue weighted by atomic mass is 9.97. The molecule has 0 spiro atoms. The average molecular weight is 280 g/mol. The van der Waals surface area contributed by atoms with E-state index in [0.29, 0.717) is 17.0 Å². The third-order valence-electron chi connectivity index (χ3n) is 3.48. The molecule has 1 aromatic rings. The zero-order chi connectivity index (χ0) is 13.8. The van der Waals surface area contributed by atoms with E-state index >= 15 is 0 Å². The molecule has 2 rings (SSSR count). The number of piperidine rings is 1. The summed E-state index contributed by atoms with van der Waals surface area (Å²) in [6.45, 7) is 2.31. The molecule has 1 fully saturated rings. The van der Waals surface area contributed by atoms with Gasteiger partial charge in [-0.1, -0.05) is 17.7 Å². The van der Waals surface area contributed by atoms with Gasteiger partial charge in [0, 0.05) is 29.6 Å². The van der Waals surface area contributed by atoms with E-state index in [2.05, 4.69) is 0 Å². The van der Waals surface area contributed by atoms with Gasteiger partial charge in [0.1, 0.15) is 5.78 Å². The molecule has 4 heteroatoms. The molecule has 0 N–H and O–H groups in total. The number of hydrogen-bond acceptors (Lipinski definition) is 2. The van der Waals surface area contributed by atoms with E-state index < -0.39 is 0 Å². The second kappa shape index (κ2) is 6.20. The topological polar surface area (TPSA) is 37.4 Å². The summed E-state index contributed by atoms with van der Waals surface area (Å²) in [6, 6.07) is 7.02. The number of ketones is 1. The van der Waals surface area contributed by atoms with Crippen LogP contribution in [0.5, 0.6) is 0 Å². The van der Waals surface area contributed by atoms with Gasteiger partial charge in [-0.25, -0.2) is 0 Å². The van der Waals surface area contributed by atoms with Gasteiger partial charge >= 0.3 is 0 Å². The van der Waals surface area contributed by atoms with Crippen LogP contribution in [-0.2, 0) is 4.79 Å². The summed E-state index contributed by atoms with van der Waals surface area (Å²) in [6.07, 6.45) is 3.44. The smallest absolute Gasteiger partial charge is 0.254 e. The largest absolute Gasteiger partial charge is 0.335 e. The van der Waals surface area contributed by atoms with Crippen molar-refractivity contribution in [3.8, 4) is 0 Å². The maximum atomic E-state index is 12.5. The lowest BCUT2D eigenvalue weighted by molar-refractivity contribution is -0.118. The van der Waals surface area contributed by atoms with E-state index in [-0.39, 0.29) is 17.7 Å². The summed E-state index contributed by atoms with van der Waals surface area (Å²) in [5.41, 5.74) is 0.600. The quantitative estimate of drug-likeness (QED) is 0.851. The normalized spacial score (nSPS) is 19.3. The van der Waals surface area contributed by atoms with Crippen LogP contribution in [0, 0.1) is 0 Å². The Bertz CT molecular complexity index is 487. The predicted molar refractivity (Wildman–Crippen MR) is 75.4 cm³/mol. The molecule has 1 atom stereocenters. The molecule has 1 saturated heterocycles. The predicted octanol–water partition coefficient (Wildman–Crippen LogP) is 3.31. The molecule has 1 aliphatic rings. The van der Waals surface area contributed by atoms with Crippen LogP contribution in [0.4, 0.5) is 0 Å². The summed E-state index contributed by atoms with van der Waals surface area (Å²) in [7, 11) is 0. The summed E-state index contributed by atoms with van der Waals surface area (Å²) in [4.78, 5) is 25.6. The number of rotatable bonds is 3. The lowest BCUT2D eigenvalue weighted by Crippen LogP contribution is -2.44. The Hall–Kier alpha value is -1.35. The molecular formula is C15H18ClNO2. The van der Waals surface area contributed by atoms with E-state index in [0.717, 1.165) is 25.8 Å². The zero-order valence-electron chi connectivity index (χ0n) is 11.1. The van der Waals surface area contributed by atoms with Crippen LogP contribution >= 0.6 is 11.6 Å². The highest BCUT2D eigenvalue weighted by Gasteiger charge is 2.28. The Kier molecular flexibility index (Phi) is 4.59. The van der Waals surface area contributed by atoms with Crippen molar-refractivity contribution in [1.82, 2.24) is 4.90 Å². The summed E-state index contributed by atoms with van der Waals surface area (Å²) in [5.74, 6) is 0.115. The molecule has 0 aromatic heterocycles. The molecule has 1 heterocycles. The second-order valence-corrected chi connectivity index (χ2v) is 5.50. The number of Topliss-reactive ketones (excluding diaryl/α,β-unsaturated/α-hetero) is 1. The molecule has 0 bridgehead atoms. The Morgan fingerprint density at radius 1 is 1.37 bits per heavy atom. The van der Waals surface area contributed by atoms with Crippen molar-refractivity contribution in [3.63, 3.8) is 0 Å². The zero-order valence-corrected chi connectivity index (χ0v) is 11.8. The minimum absolute atomic E-state index is 0.0200. The van der Waals surface area contributed by atoms with Crippen molar-refractivity contribution >= 4 is 23.3 Å². The van der Waals surface area contributed by atoms with Gasteiger partial charge < -0.3 is 4.90 Å². The Morgan fingerprint density at radius 2 is 2.16 bits per heavy atom. The van der Waals surface area contributed by atoms with Gasteiger partial charge in [0.05, 0.1) is 0 Å². The fourth-order valence-electron chi connectivity index (χ4n) is 2.60. The monoisotopic (exact) mass is 279 g/mol. The number of likely N-dealkylation sites (tertiary alicyclic amines) is 1. The fourth-order valence-corrected chi connectivity index (χ4v) is 2.79. The first-order valence-electron chi connectivity index (χ1n) is 6.64. The number of carbonyl (C=O) groups excluding carboxylic acids is 2. The van der Waals surface area contributed by atoms with Crippen molar-refractivity contribution in [2.75, 3.05) is 6.54 Å². The van der Waals surface area contributed by atoms with Crippen LogP contribution in [0.15, 0.2) is 24.3 Å². The summed E-state index contributed by atoms with van der Waals surface area (Å²) in [5, 5.41) is 0.561. The third kappa shape index (κ3) is 3.57. The standard InChI is InChI=1S/C15H18ClNO2/c1-11(18)9-14-7-2-3-8-17(14)15(19)12-5-4-6-13(16)10-12/h4-6,10,14H,2-3,7-9H2,1H3. The van der Waals surface area contributed by atoms with Crippen LogP contribution < -0.4 is 0 Å². The molecular weight excluding hydrogens is 262 g/mol. The number of amides is 1. The number of carbonyl (C=O) groups is 2. The number of hydrogen-bond donors (Lipinski definition) is 0. The van der Waals surface area contributed by atoms with Gasteiger partial charge in [0.15, 0.2) is 0 Å². The molecule has 0 saturated carbocycles. The van der Waals surface area contributed by atoms with Crippen molar-refractivity contribution < 1.29 is 9.59 Å². The molecule has 0 radical (unpaired) electrons. The fraction of sp³-hybridized carbons (Fsp3) is 0.467. The number of benzene rings is 1. The van der Waals surface area contributed by atoms with Crippen molar-refractivity contribution in [2.45, 2.75) is 38.6 Å². The van der Waals surface area contributed by atoms with Gasteiger partial charge in [0.25, 0.3) is 5.91 Å². The molecule has 0 aliphatic carbocycles. The Labute approximate surface area is 118 Å². The molecule has 1 amide bonds. The molecule has 19 heavy (non-hydrogen) atoms. The molecule has 102 valence electrons. The number of nitrogens with zero attached hydrogens (tertiary/aromatic N) is 1. The number of halogens is 1. The molecule has 1 aliphatic heterocycles. The minimum atomic E-state index is -0.0200. The van der Waals surface area contributed by atoms with Crippen LogP contribution in [0.25, 0.3) is 0 Å². The van der Waals surface area contributed by atoms with Gasteiger partial charge in [-0.3, -0.25) is 9.59 Å². The van der Waals surface area contributed by atoms with E-state index in [9.17, 15) is 9.59 Å². The maximum Gasteiger partial charge on any atom is 0.254 e. The Morgan fingerprint density at radius 3 is 2.84 bits per heavy atom. The van der Waals surface area contributed by atoms with Gasteiger partial charge in [-0.15, -0.1) is 0 Å². The first-order chi connectivity index (χ1) is 9.08. The minimum Gasteiger partial charge on any atom is -0.335 e. The van der Waals surface area contributed by atoms with Crippen molar-refractivity contribution in [3.05, 3.63) is 34.9 Å². The van der Waals surface area contributed by atoms with Crippen molar-refractivity contribution in [2.24, 2.45) is 0 Å². The van der Waals surface area contributed by atoms with Gasteiger partial charge in [0.2, 0.25) is 0 Å². The van der Waals surface area contributed by atoms with Gasteiger partial charge in [-0.2, -0.15) is 0 Å². The van der Waals surface area contributed by atoms with Crippen LogP contribution in [0.2, 0.25) is 5.02 Å². The highest BCUT2D eigenvalue weighted by Crippen LogP contribution is 2.23. The Balaban J connectivity index is 2.17. The third-order valence-corrected chi connectivity index (χ3v) is 3.72. The highest BCUT2D eigenvalue weighted by molar-refractivity contribution is 6.30. The van der Waals surface area contributed by atoms with E-state index in [1.165, 1.54) is 0 Å². The SMILES string of the molecule is CC(=O)CC1CCCCN1C(=O)c1cccc(Cl)c1. The molecule has 1 aromatic carbocycles. The lowest BCUT2D eigenvalue weighted by Gasteiger charge is -2.35. The first kappa shape index (κ1) is 14.1. The van der Waals surface area contributed by atoms with Crippen molar-refractivity contribution in [1.29, 1.82) is 0 Å². The van der Waals surface area contributed by atoms with E-state index in [1.54, 1.807) is 31.2 Å². The second-order valence-electron chi connectivity index (χ2n) is 5.06. The van der Waals surface area contributed by atoms with Crippen LogP contribution in [0.3, 0.4) is 0 Å². The van der Waals surface area contributed by atoms with E-state index in [1.807, 2.05) is 4.90 Å². The van der Waals surface area contributed by atoms with Crippen LogP contribution in [-0.4, -0.2) is 29.2 Å². The summed E-state index contributed by atoms with van der Waals surface area (Å²) < 4.78 is 0. The van der Waals surface area contributed by atoms with Gasteiger partial charge in [-0.05, 0) is 44.4 Å². The van der Waals surface area contributed by atoms with E-state index in [4.69, 9.17) is 11.6 Å².